The summed E-state index contributed by atoms with van der Waals surface area (Å²) in [6.45, 7) is 6.91. The highest BCUT2D eigenvalue weighted by Crippen LogP contribution is 2.23. The molecule has 3 N–H and O–H groups in total. The molecule has 5 nitrogen and oxygen atoms in total. The predicted molar refractivity (Wildman–Crippen MR) is 64.5 cm³/mol. The Morgan fingerprint density at radius 3 is 2.81 bits per heavy atom. The van der Waals surface area contributed by atoms with E-state index in [9.17, 15) is 4.79 Å². The lowest BCUT2D eigenvalue weighted by molar-refractivity contribution is 0.773. The number of nitrogen functional groups attached to an aromatic ring is 1. The first kappa shape index (κ1) is 10.7. The lowest BCUT2D eigenvalue weighted by Gasteiger charge is -2.00. The fraction of sp³-hybridized carbons (Fsp3) is 0.455. The van der Waals surface area contributed by atoms with E-state index in [0.29, 0.717) is 17.0 Å². The molecule has 0 aromatic carbocycles. The van der Waals surface area contributed by atoms with Gasteiger partial charge in [0, 0.05) is 12.7 Å². The van der Waals surface area contributed by atoms with Gasteiger partial charge in [-0.3, -0.25) is 9.78 Å². The Kier molecular flexibility index (Phi) is 2.46. The van der Waals surface area contributed by atoms with E-state index >= 15 is 0 Å². The van der Waals surface area contributed by atoms with Crippen LogP contribution < -0.4 is 11.3 Å². The summed E-state index contributed by atoms with van der Waals surface area (Å²) < 4.78 is 1.95. The number of fused-ring (bicyclic) bond motifs is 1. The van der Waals surface area contributed by atoms with Crippen molar-refractivity contribution < 1.29 is 0 Å². The van der Waals surface area contributed by atoms with Crippen LogP contribution in [0.2, 0.25) is 0 Å². The van der Waals surface area contributed by atoms with Crippen LogP contribution in [0.15, 0.2) is 11.0 Å². The van der Waals surface area contributed by atoms with Crippen LogP contribution in [0.5, 0.6) is 0 Å². The van der Waals surface area contributed by atoms with Crippen molar-refractivity contribution in [1.29, 1.82) is 0 Å². The first-order chi connectivity index (χ1) is 7.54. The molecule has 2 aromatic rings. The standard InChI is InChI=1S/C11H16N4O/c1-4-15-5-7(6(2)3)8-9(15)13-11(12)14-10(8)16/h5-6H,4H2,1-3H3,(H3,12,13,14,16). The first-order valence-electron chi connectivity index (χ1n) is 5.43. The summed E-state index contributed by atoms with van der Waals surface area (Å²) in [6, 6.07) is 0. The van der Waals surface area contributed by atoms with Gasteiger partial charge in [0.2, 0.25) is 5.95 Å². The number of nitrogens with zero attached hydrogens (tertiary/aromatic N) is 2. The summed E-state index contributed by atoms with van der Waals surface area (Å²) in [7, 11) is 0. The molecule has 2 rings (SSSR count). The van der Waals surface area contributed by atoms with Gasteiger partial charge < -0.3 is 10.3 Å². The van der Waals surface area contributed by atoms with Gasteiger partial charge >= 0.3 is 0 Å². The molecule has 0 aliphatic rings. The monoisotopic (exact) mass is 220 g/mol. The highest BCUT2D eigenvalue weighted by Gasteiger charge is 2.15. The van der Waals surface area contributed by atoms with Crippen molar-refractivity contribution in [1.82, 2.24) is 14.5 Å². The third kappa shape index (κ3) is 1.48. The van der Waals surface area contributed by atoms with Crippen molar-refractivity contribution in [2.45, 2.75) is 33.2 Å². The molecule has 0 spiro atoms. The van der Waals surface area contributed by atoms with E-state index in [0.717, 1.165) is 12.1 Å². The van der Waals surface area contributed by atoms with Gasteiger partial charge in [-0.2, -0.15) is 4.98 Å². The van der Waals surface area contributed by atoms with Gasteiger partial charge in [0.25, 0.3) is 5.56 Å². The summed E-state index contributed by atoms with van der Waals surface area (Å²) in [5, 5.41) is 0.658. The van der Waals surface area contributed by atoms with Gasteiger partial charge in [-0.1, -0.05) is 13.8 Å². The fourth-order valence-electron chi connectivity index (χ4n) is 1.92. The highest BCUT2D eigenvalue weighted by molar-refractivity contribution is 5.80. The maximum Gasteiger partial charge on any atom is 0.262 e. The van der Waals surface area contributed by atoms with Crippen molar-refractivity contribution in [2.75, 3.05) is 5.73 Å². The predicted octanol–water partition coefficient (Wildman–Crippen LogP) is 1.45. The summed E-state index contributed by atoms with van der Waals surface area (Å²) in [5.41, 5.74) is 7.09. The Hall–Kier alpha value is -1.78. The van der Waals surface area contributed by atoms with E-state index in [1.807, 2.05) is 17.7 Å². The van der Waals surface area contributed by atoms with Crippen LogP contribution in [0.25, 0.3) is 11.0 Å². The van der Waals surface area contributed by atoms with Crippen molar-refractivity contribution in [2.24, 2.45) is 0 Å². The molecule has 0 saturated heterocycles. The molecule has 0 saturated carbocycles. The normalized spacial score (nSPS) is 11.5. The Morgan fingerprint density at radius 2 is 2.25 bits per heavy atom. The van der Waals surface area contributed by atoms with E-state index in [1.165, 1.54) is 0 Å². The third-order valence-corrected chi connectivity index (χ3v) is 2.74. The molecule has 0 aliphatic heterocycles. The van der Waals surface area contributed by atoms with Crippen LogP contribution >= 0.6 is 0 Å². The fourth-order valence-corrected chi connectivity index (χ4v) is 1.92. The molecule has 2 aromatic heterocycles. The molecule has 16 heavy (non-hydrogen) atoms. The topological polar surface area (TPSA) is 76.7 Å². The molecule has 2 heterocycles. The molecule has 0 amide bonds. The zero-order valence-corrected chi connectivity index (χ0v) is 9.74. The zero-order valence-electron chi connectivity index (χ0n) is 9.74. The second-order valence-corrected chi connectivity index (χ2v) is 4.17. The van der Waals surface area contributed by atoms with E-state index in [1.54, 1.807) is 0 Å². The van der Waals surface area contributed by atoms with Crippen LogP contribution in [-0.4, -0.2) is 14.5 Å². The average molecular weight is 220 g/mol. The molecule has 86 valence electrons. The summed E-state index contributed by atoms with van der Waals surface area (Å²) in [5.74, 6) is 0.461. The maximum atomic E-state index is 11.9. The van der Waals surface area contributed by atoms with Crippen molar-refractivity contribution in [3.05, 3.63) is 22.1 Å². The van der Waals surface area contributed by atoms with Crippen molar-refractivity contribution in [3.8, 4) is 0 Å². The summed E-state index contributed by atoms with van der Waals surface area (Å²) >= 11 is 0. The van der Waals surface area contributed by atoms with Gasteiger partial charge in [-0.15, -0.1) is 0 Å². The minimum absolute atomic E-state index is 0.154. The van der Waals surface area contributed by atoms with E-state index in [-0.39, 0.29) is 11.5 Å². The number of H-pyrrole nitrogens is 1. The Labute approximate surface area is 93.3 Å². The second-order valence-electron chi connectivity index (χ2n) is 4.17. The Balaban J connectivity index is 2.91. The smallest absolute Gasteiger partial charge is 0.262 e. The summed E-state index contributed by atoms with van der Waals surface area (Å²) in [6.07, 6.45) is 1.98. The first-order valence-corrected chi connectivity index (χ1v) is 5.43. The van der Waals surface area contributed by atoms with E-state index < -0.39 is 0 Å². The van der Waals surface area contributed by atoms with Crippen molar-refractivity contribution in [3.63, 3.8) is 0 Å². The number of anilines is 1. The maximum absolute atomic E-state index is 11.9. The van der Waals surface area contributed by atoms with Crippen LogP contribution in [0.4, 0.5) is 5.95 Å². The molecule has 0 atom stereocenters. The molecule has 0 bridgehead atoms. The van der Waals surface area contributed by atoms with Crippen LogP contribution in [-0.2, 0) is 6.54 Å². The number of aromatic nitrogens is 3. The van der Waals surface area contributed by atoms with Gasteiger partial charge in [0.05, 0.1) is 5.39 Å². The lowest BCUT2D eigenvalue weighted by atomic mass is 10.0. The molecule has 0 radical (unpaired) electrons. The largest absolute Gasteiger partial charge is 0.369 e. The minimum Gasteiger partial charge on any atom is -0.369 e. The highest BCUT2D eigenvalue weighted by atomic mass is 16.1. The number of nitrogens with one attached hydrogen (secondary N) is 1. The third-order valence-electron chi connectivity index (χ3n) is 2.74. The van der Waals surface area contributed by atoms with Crippen molar-refractivity contribution >= 4 is 17.0 Å². The molecule has 0 fully saturated rings. The number of hydrogen-bond acceptors (Lipinski definition) is 3. The number of hydrogen-bond donors (Lipinski definition) is 2. The van der Waals surface area contributed by atoms with Gasteiger partial charge in [-0.25, -0.2) is 0 Å². The van der Waals surface area contributed by atoms with Crippen LogP contribution in [0, 0.1) is 0 Å². The number of nitrogens with two attached hydrogens (primary N) is 1. The molecular formula is C11H16N4O. The molecule has 5 heteroatoms. The lowest BCUT2D eigenvalue weighted by Crippen LogP contribution is -2.12. The Morgan fingerprint density at radius 1 is 1.56 bits per heavy atom. The van der Waals surface area contributed by atoms with Crippen LogP contribution in [0.3, 0.4) is 0 Å². The van der Waals surface area contributed by atoms with Gasteiger partial charge in [-0.05, 0) is 18.4 Å². The van der Waals surface area contributed by atoms with E-state index in [4.69, 9.17) is 5.73 Å². The number of aryl methyl sites for hydroxylation is 1. The Bertz CT molecular complexity index is 579. The second kappa shape index (κ2) is 3.66. The van der Waals surface area contributed by atoms with Crippen LogP contribution in [0.1, 0.15) is 32.3 Å². The minimum atomic E-state index is -0.154. The molecular weight excluding hydrogens is 204 g/mol. The van der Waals surface area contributed by atoms with Gasteiger partial charge in [0.1, 0.15) is 5.65 Å². The number of rotatable bonds is 2. The molecule has 0 unspecified atom stereocenters. The van der Waals surface area contributed by atoms with E-state index in [2.05, 4.69) is 23.8 Å². The zero-order chi connectivity index (χ0) is 11.9. The average Bonchev–Trinajstić information content (AvgIpc) is 2.56. The number of aromatic amines is 1. The SMILES string of the molecule is CCn1cc(C(C)C)c2c(=O)[nH]c(N)nc21. The quantitative estimate of drug-likeness (QED) is 0.804. The summed E-state index contributed by atoms with van der Waals surface area (Å²) in [4.78, 5) is 18.6. The van der Waals surface area contributed by atoms with Gasteiger partial charge in [0.15, 0.2) is 0 Å². The molecule has 0 aliphatic carbocycles.